The SMILES string of the molecule is CCCCCCCCCCC1C(=O)NN=C1CCC. The third kappa shape index (κ3) is 6.22. The number of carbonyl (C=O) groups excluding carboxylic acids is 1. The summed E-state index contributed by atoms with van der Waals surface area (Å²) in [5.41, 5.74) is 3.71. The monoisotopic (exact) mass is 266 g/mol. The molecule has 1 unspecified atom stereocenters. The molecule has 0 radical (unpaired) electrons. The first-order valence-electron chi connectivity index (χ1n) is 8.15. The van der Waals surface area contributed by atoms with Gasteiger partial charge in [0.15, 0.2) is 0 Å². The molecule has 0 saturated carbocycles. The van der Waals surface area contributed by atoms with Gasteiger partial charge in [-0.2, -0.15) is 5.10 Å². The molecule has 0 saturated heterocycles. The van der Waals surface area contributed by atoms with Crippen LogP contribution in [0.3, 0.4) is 0 Å². The Morgan fingerprint density at radius 2 is 1.58 bits per heavy atom. The van der Waals surface area contributed by atoms with Gasteiger partial charge in [0.05, 0.1) is 11.6 Å². The highest BCUT2D eigenvalue weighted by molar-refractivity contribution is 6.07. The Morgan fingerprint density at radius 3 is 2.21 bits per heavy atom. The second kappa shape index (κ2) is 9.99. The van der Waals surface area contributed by atoms with Crippen LogP contribution in [0, 0.1) is 5.92 Å². The second-order valence-electron chi connectivity index (χ2n) is 5.65. The molecule has 3 heteroatoms. The zero-order valence-corrected chi connectivity index (χ0v) is 12.7. The van der Waals surface area contributed by atoms with E-state index >= 15 is 0 Å². The Morgan fingerprint density at radius 1 is 0.947 bits per heavy atom. The largest absolute Gasteiger partial charge is 0.272 e. The van der Waals surface area contributed by atoms with Crippen molar-refractivity contribution < 1.29 is 4.79 Å². The molecule has 0 bridgehead atoms. The number of hydrogen-bond acceptors (Lipinski definition) is 2. The molecule has 0 spiro atoms. The average molecular weight is 266 g/mol. The van der Waals surface area contributed by atoms with Crippen molar-refractivity contribution in [3.05, 3.63) is 0 Å². The van der Waals surface area contributed by atoms with Crippen molar-refractivity contribution in [1.29, 1.82) is 0 Å². The lowest BCUT2D eigenvalue weighted by Gasteiger charge is -2.09. The van der Waals surface area contributed by atoms with E-state index in [0.29, 0.717) is 0 Å². The van der Waals surface area contributed by atoms with Crippen LogP contribution in [0.25, 0.3) is 0 Å². The molecule has 1 aliphatic rings. The third-order valence-corrected chi connectivity index (χ3v) is 3.88. The first-order chi connectivity index (χ1) is 9.29. The zero-order chi connectivity index (χ0) is 13.9. The van der Waals surface area contributed by atoms with Gasteiger partial charge in [-0.15, -0.1) is 0 Å². The molecular formula is C16H30N2O. The van der Waals surface area contributed by atoms with Crippen LogP contribution in [0.5, 0.6) is 0 Å². The lowest BCUT2D eigenvalue weighted by molar-refractivity contribution is -0.122. The Bertz CT molecular complexity index is 286. The summed E-state index contributed by atoms with van der Waals surface area (Å²) < 4.78 is 0. The summed E-state index contributed by atoms with van der Waals surface area (Å²) in [4.78, 5) is 11.7. The van der Waals surface area contributed by atoms with Crippen molar-refractivity contribution in [3.8, 4) is 0 Å². The number of nitrogens with zero attached hydrogens (tertiary/aromatic N) is 1. The quantitative estimate of drug-likeness (QED) is 0.553. The summed E-state index contributed by atoms with van der Waals surface area (Å²) >= 11 is 0. The summed E-state index contributed by atoms with van der Waals surface area (Å²) in [5, 5.41) is 4.15. The lowest BCUT2D eigenvalue weighted by Crippen LogP contribution is -2.23. The Hall–Kier alpha value is -0.860. The van der Waals surface area contributed by atoms with E-state index in [-0.39, 0.29) is 11.8 Å². The van der Waals surface area contributed by atoms with Crippen molar-refractivity contribution >= 4 is 11.6 Å². The molecule has 1 aliphatic heterocycles. The fourth-order valence-corrected chi connectivity index (χ4v) is 2.70. The standard InChI is InChI=1S/C16H30N2O/c1-3-5-6-7-8-9-10-11-13-14-15(12-4-2)17-18-16(14)19/h14H,3-13H2,1-2H3,(H,18,19). The maximum atomic E-state index is 11.7. The predicted molar refractivity (Wildman–Crippen MR) is 81.2 cm³/mol. The second-order valence-corrected chi connectivity index (χ2v) is 5.65. The Labute approximate surface area is 118 Å². The normalized spacial score (nSPS) is 18.5. The maximum Gasteiger partial charge on any atom is 0.248 e. The van der Waals surface area contributed by atoms with Crippen LogP contribution in [0.4, 0.5) is 0 Å². The van der Waals surface area contributed by atoms with Crippen LogP contribution in [0.2, 0.25) is 0 Å². The third-order valence-electron chi connectivity index (χ3n) is 3.88. The summed E-state index contributed by atoms with van der Waals surface area (Å²) in [6, 6.07) is 0. The van der Waals surface area contributed by atoms with E-state index in [2.05, 4.69) is 24.4 Å². The number of hydrazone groups is 1. The van der Waals surface area contributed by atoms with Gasteiger partial charge in [-0.1, -0.05) is 71.6 Å². The van der Waals surface area contributed by atoms with Gasteiger partial charge in [0.1, 0.15) is 0 Å². The molecule has 0 aromatic carbocycles. The molecule has 0 fully saturated rings. The topological polar surface area (TPSA) is 41.5 Å². The van der Waals surface area contributed by atoms with Crippen LogP contribution < -0.4 is 5.43 Å². The van der Waals surface area contributed by atoms with E-state index in [1.807, 2.05) is 0 Å². The van der Waals surface area contributed by atoms with Crippen LogP contribution >= 0.6 is 0 Å². The van der Waals surface area contributed by atoms with E-state index in [9.17, 15) is 4.79 Å². The zero-order valence-electron chi connectivity index (χ0n) is 12.7. The van der Waals surface area contributed by atoms with E-state index in [1.165, 1.54) is 44.9 Å². The van der Waals surface area contributed by atoms with E-state index in [4.69, 9.17) is 0 Å². The summed E-state index contributed by atoms with van der Waals surface area (Å²) in [6.07, 6.45) is 13.6. The van der Waals surface area contributed by atoms with Gasteiger partial charge in [0.2, 0.25) is 5.91 Å². The highest BCUT2D eigenvalue weighted by Crippen LogP contribution is 2.19. The average Bonchev–Trinajstić information content (AvgIpc) is 2.75. The Kier molecular flexibility index (Phi) is 8.52. The van der Waals surface area contributed by atoms with Crippen molar-refractivity contribution in [3.63, 3.8) is 0 Å². The number of nitrogens with one attached hydrogen (secondary N) is 1. The van der Waals surface area contributed by atoms with Crippen LogP contribution in [-0.2, 0) is 4.79 Å². The maximum absolute atomic E-state index is 11.7. The molecule has 3 nitrogen and oxygen atoms in total. The fraction of sp³-hybridized carbons (Fsp3) is 0.875. The molecule has 1 heterocycles. The molecule has 0 aromatic rings. The van der Waals surface area contributed by atoms with Gasteiger partial charge < -0.3 is 0 Å². The minimum absolute atomic E-state index is 0.0695. The van der Waals surface area contributed by atoms with Crippen LogP contribution in [0.1, 0.15) is 84.5 Å². The van der Waals surface area contributed by atoms with Crippen molar-refractivity contribution in [1.82, 2.24) is 5.43 Å². The number of amides is 1. The predicted octanol–water partition coefficient (Wildman–Crippen LogP) is 4.42. The van der Waals surface area contributed by atoms with E-state index < -0.39 is 0 Å². The highest BCUT2D eigenvalue weighted by Gasteiger charge is 2.28. The van der Waals surface area contributed by atoms with E-state index in [0.717, 1.165) is 31.4 Å². The minimum atomic E-state index is 0.0695. The van der Waals surface area contributed by atoms with Gasteiger partial charge in [-0.25, -0.2) is 5.43 Å². The lowest BCUT2D eigenvalue weighted by atomic mass is 9.93. The molecule has 19 heavy (non-hydrogen) atoms. The molecular weight excluding hydrogens is 236 g/mol. The molecule has 1 amide bonds. The van der Waals surface area contributed by atoms with E-state index in [1.54, 1.807) is 0 Å². The van der Waals surface area contributed by atoms with Crippen molar-refractivity contribution in [2.45, 2.75) is 84.5 Å². The van der Waals surface area contributed by atoms with Gasteiger partial charge in [0, 0.05) is 0 Å². The fourth-order valence-electron chi connectivity index (χ4n) is 2.70. The molecule has 1 N–H and O–H groups in total. The summed E-state index contributed by atoms with van der Waals surface area (Å²) in [6.45, 7) is 4.39. The first-order valence-corrected chi connectivity index (χ1v) is 8.15. The molecule has 0 aliphatic carbocycles. The molecule has 1 atom stereocenters. The molecule has 110 valence electrons. The van der Waals surface area contributed by atoms with Gasteiger partial charge in [0.25, 0.3) is 0 Å². The smallest absolute Gasteiger partial charge is 0.248 e. The highest BCUT2D eigenvalue weighted by atomic mass is 16.2. The number of rotatable bonds is 11. The Balaban J connectivity index is 2.05. The molecule has 1 rings (SSSR count). The van der Waals surface area contributed by atoms with Crippen LogP contribution in [0.15, 0.2) is 5.10 Å². The van der Waals surface area contributed by atoms with Gasteiger partial charge in [-0.05, 0) is 12.8 Å². The minimum Gasteiger partial charge on any atom is -0.272 e. The summed E-state index contributed by atoms with van der Waals surface area (Å²) in [7, 11) is 0. The number of hydrogen-bond donors (Lipinski definition) is 1. The first kappa shape index (κ1) is 16.2. The number of carbonyl (C=O) groups is 1. The van der Waals surface area contributed by atoms with Gasteiger partial charge >= 0.3 is 0 Å². The van der Waals surface area contributed by atoms with Crippen molar-refractivity contribution in [2.75, 3.05) is 0 Å². The van der Waals surface area contributed by atoms with Crippen molar-refractivity contribution in [2.24, 2.45) is 11.0 Å². The van der Waals surface area contributed by atoms with Crippen LogP contribution in [-0.4, -0.2) is 11.6 Å². The van der Waals surface area contributed by atoms with Gasteiger partial charge in [-0.3, -0.25) is 4.79 Å². The summed E-state index contributed by atoms with van der Waals surface area (Å²) in [5.74, 6) is 0.187. The molecule has 0 aromatic heterocycles. The number of unbranched alkanes of at least 4 members (excludes halogenated alkanes) is 7.